The molecule has 1 unspecified atom stereocenters. The molecular weight excluding hydrogens is 539 g/mol. The van der Waals surface area contributed by atoms with Gasteiger partial charge in [-0.05, 0) is 48.4 Å². The topological polar surface area (TPSA) is 79.4 Å². The van der Waals surface area contributed by atoms with Crippen LogP contribution in [-0.4, -0.2) is 65.3 Å². The van der Waals surface area contributed by atoms with Crippen molar-refractivity contribution in [2.24, 2.45) is 0 Å². The maximum absolute atomic E-state index is 15.6. The molecule has 2 aliphatic heterocycles. The van der Waals surface area contributed by atoms with Gasteiger partial charge in [0.1, 0.15) is 24.4 Å². The highest BCUT2D eigenvalue weighted by atomic mass is 32.1. The lowest BCUT2D eigenvalue weighted by Crippen LogP contribution is -2.43. The van der Waals surface area contributed by atoms with Crippen molar-refractivity contribution in [1.82, 2.24) is 20.2 Å². The van der Waals surface area contributed by atoms with Gasteiger partial charge in [0.25, 0.3) is 5.91 Å². The number of nitrogens with zero attached hydrogens (tertiary/aromatic N) is 3. The molecule has 0 spiro atoms. The van der Waals surface area contributed by atoms with Crippen LogP contribution in [0.15, 0.2) is 54.2 Å². The van der Waals surface area contributed by atoms with Crippen molar-refractivity contribution in [1.29, 1.82) is 0 Å². The van der Waals surface area contributed by atoms with Gasteiger partial charge in [0.2, 0.25) is 0 Å². The van der Waals surface area contributed by atoms with E-state index in [2.05, 4.69) is 32.1 Å². The van der Waals surface area contributed by atoms with E-state index < -0.39 is 23.7 Å². The minimum absolute atomic E-state index is 0.0837. The molecule has 2 N–H and O–H groups in total. The molecular formula is C29H28F3N5O2S. The van der Waals surface area contributed by atoms with Crippen LogP contribution in [0, 0.1) is 5.82 Å². The first-order chi connectivity index (χ1) is 19.3. The van der Waals surface area contributed by atoms with Crippen molar-refractivity contribution in [2.75, 3.05) is 38.1 Å². The van der Waals surface area contributed by atoms with E-state index in [1.165, 1.54) is 17.4 Å². The van der Waals surface area contributed by atoms with Crippen LogP contribution in [0.4, 0.5) is 19.0 Å². The van der Waals surface area contributed by atoms with E-state index in [-0.39, 0.29) is 31.2 Å². The zero-order valence-electron chi connectivity index (χ0n) is 21.7. The summed E-state index contributed by atoms with van der Waals surface area (Å²) in [5.41, 5.74) is 1.25. The second-order valence-electron chi connectivity index (χ2n) is 10.3. The van der Waals surface area contributed by atoms with Crippen LogP contribution in [0.3, 0.4) is 0 Å². The molecule has 2 fully saturated rings. The number of hydrogen-bond acceptors (Lipinski definition) is 7. The summed E-state index contributed by atoms with van der Waals surface area (Å²) in [6, 6.07) is 10.9. The molecule has 4 aromatic rings. The summed E-state index contributed by atoms with van der Waals surface area (Å²) in [5, 5.41) is 8.90. The van der Waals surface area contributed by atoms with Crippen molar-refractivity contribution in [2.45, 2.75) is 31.0 Å². The van der Waals surface area contributed by atoms with Crippen LogP contribution in [0.1, 0.15) is 19.3 Å². The van der Waals surface area contributed by atoms with Crippen LogP contribution < -0.4 is 15.4 Å². The Labute approximate surface area is 233 Å². The second-order valence-corrected chi connectivity index (χ2v) is 11.2. The van der Waals surface area contributed by atoms with E-state index in [1.54, 1.807) is 6.07 Å². The number of aromatic nitrogens is 2. The number of alkyl halides is 1. The molecule has 0 radical (unpaired) electrons. The van der Waals surface area contributed by atoms with E-state index in [0.29, 0.717) is 35.2 Å². The first kappa shape index (κ1) is 26.5. The highest BCUT2D eigenvalue weighted by Gasteiger charge is 2.49. The number of hydrogen-bond donors (Lipinski definition) is 2. The average molecular weight is 568 g/mol. The summed E-state index contributed by atoms with van der Waals surface area (Å²) in [5.74, 6) is -2.11. The molecule has 0 saturated carbocycles. The minimum atomic E-state index is -1.08. The third kappa shape index (κ3) is 4.99. The number of thiophene rings is 1. The summed E-state index contributed by atoms with van der Waals surface area (Å²) in [6.07, 6.45) is 1.34. The largest absolute Gasteiger partial charge is 0.461 e. The molecule has 1 amide bonds. The quantitative estimate of drug-likeness (QED) is 0.202. The molecule has 11 heteroatoms. The van der Waals surface area contributed by atoms with E-state index in [4.69, 9.17) is 4.74 Å². The smallest absolute Gasteiger partial charge is 0.319 e. The van der Waals surface area contributed by atoms with Crippen molar-refractivity contribution in [3.8, 4) is 17.1 Å². The van der Waals surface area contributed by atoms with Crippen molar-refractivity contribution in [3.05, 3.63) is 60.0 Å². The molecule has 4 heterocycles. The summed E-state index contributed by atoms with van der Waals surface area (Å²) in [6.45, 7) is 4.73. The van der Waals surface area contributed by atoms with Crippen molar-refractivity contribution >= 4 is 44.1 Å². The molecule has 2 saturated heterocycles. The van der Waals surface area contributed by atoms with E-state index in [9.17, 15) is 13.6 Å². The van der Waals surface area contributed by atoms with Crippen LogP contribution in [-0.2, 0) is 4.79 Å². The Kier molecular flexibility index (Phi) is 7.09. The number of carbonyl (C=O) groups excluding carboxylic acids is 1. The SMILES string of the molecule is C=C(F)C(=O)NCCNc1nc(OCC23CCCN2C[C@H](F)C3)nc2cc(-c3cccc4ccsc34)c(F)cc12. The standard InChI is InChI=1S/C29H28F3N5O2S/c1-17(30)27(38)34-9-8-33-26-22-12-23(32)21(20-5-2-4-18-6-11-40-25(18)20)13-24(22)35-28(36-26)39-16-29-7-3-10-37(29)15-19(31)14-29/h2,4-6,11-13,19H,1,3,7-10,14-16H2,(H,34,38)(H,33,35,36)/t19-,29?/m1/s1. The predicted octanol–water partition coefficient (Wildman–Crippen LogP) is 5.62. The summed E-state index contributed by atoms with van der Waals surface area (Å²) >= 11 is 1.54. The lowest BCUT2D eigenvalue weighted by Gasteiger charge is -2.30. The Morgan fingerprint density at radius 3 is 2.95 bits per heavy atom. The molecule has 2 atom stereocenters. The summed E-state index contributed by atoms with van der Waals surface area (Å²) < 4.78 is 49.9. The number of anilines is 1. The molecule has 6 rings (SSSR count). The van der Waals surface area contributed by atoms with Gasteiger partial charge in [0, 0.05) is 47.3 Å². The van der Waals surface area contributed by atoms with Crippen LogP contribution in [0.2, 0.25) is 0 Å². The number of halogens is 3. The zero-order chi connectivity index (χ0) is 27.9. The third-order valence-electron chi connectivity index (χ3n) is 7.71. The minimum Gasteiger partial charge on any atom is -0.461 e. The van der Waals surface area contributed by atoms with Gasteiger partial charge in [-0.25, -0.2) is 13.2 Å². The number of amides is 1. The number of rotatable bonds is 9. The first-order valence-corrected chi connectivity index (χ1v) is 14.1. The number of fused-ring (bicyclic) bond motifs is 3. The van der Waals surface area contributed by atoms with Gasteiger partial charge in [-0.1, -0.05) is 24.8 Å². The molecule has 7 nitrogen and oxygen atoms in total. The maximum Gasteiger partial charge on any atom is 0.319 e. The molecule has 208 valence electrons. The Bertz CT molecular complexity index is 1610. The second kappa shape index (κ2) is 10.7. The Hall–Kier alpha value is -3.70. The fraction of sp³-hybridized carbons (Fsp3) is 0.345. The van der Waals surface area contributed by atoms with Gasteiger partial charge >= 0.3 is 6.01 Å². The van der Waals surface area contributed by atoms with Crippen molar-refractivity contribution in [3.63, 3.8) is 0 Å². The van der Waals surface area contributed by atoms with Crippen LogP contribution >= 0.6 is 11.3 Å². The van der Waals surface area contributed by atoms with Gasteiger partial charge in [-0.15, -0.1) is 11.3 Å². The number of ether oxygens (including phenoxy) is 1. The van der Waals surface area contributed by atoms with Crippen LogP contribution in [0.5, 0.6) is 6.01 Å². The number of carbonyl (C=O) groups is 1. The predicted molar refractivity (Wildman–Crippen MR) is 151 cm³/mol. The zero-order valence-corrected chi connectivity index (χ0v) is 22.5. The maximum atomic E-state index is 15.6. The summed E-state index contributed by atoms with van der Waals surface area (Å²) in [7, 11) is 0. The van der Waals surface area contributed by atoms with E-state index in [0.717, 1.165) is 35.0 Å². The highest BCUT2D eigenvalue weighted by molar-refractivity contribution is 7.17. The molecule has 0 aliphatic carbocycles. The molecule has 0 bridgehead atoms. The molecule has 40 heavy (non-hydrogen) atoms. The molecule has 2 aromatic carbocycles. The normalized spacial score (nSPS) is 20.6. The van der Waals surface area contributed by atoms with Gasteiger partial charge in [0.15, 0.2) is 5.83 Å². The lowest BCUT2D eigenvalue weighted by atomic mass is 9.95. The van der Waals surface area contributed by atoms with Crippen LogP contribution in [0.25, 0.3) is 32.1 Å². The molecule has 2 aliphatic rings. The van der Waals surface area contributed by atoms with Gasteiger partial charge in [-0.3, -0.25) is 9.69 Å². The highest BCUT2D eigenvalue weighted by Crippen LogP contribution is 2.41. The first-order valence-electron chi connectivity index (χ1n) is 13.2. The Morgan fingerprint density at radius 1 is 1.23 bits per heavy atom. The summed E-state index contributed by atoms with van der Waals surface area (Å²) in [4.78, 5) is 22.8. The van der Waals surface area contributed by atoms with E-state index >= 15 is 4.39 Å². The van der Waals surface area contributed by atoms with E-state index in [1.807, 2.05) is 29.6 Å². The lowest BCUT2D eigenvalue weighted by molar-refractivity contribution is -0.118. The monoisotopic (exact) mass is 567 g/mol. The van der Waals surface area contributed by atoms with Gasteiger partial charge < -0.3 is 15.4 Å². The van der Waals surface area contributed by atoms with Crippen molar-refractivity contribution < 1.29 is 22.7 Å². The number of nitrogens with one attached hydrogen (secondary N) is 2. The molecule has 2 aromatic heterocycles. The fourth-order valence-electron chi connectivity index (χ4n) is 5.84. The number of benzene rings is 2. The van der Waals surface area contributed by atoms with Gasteiger partial charge in [0.05, 0.1) is 11.1 Å². The third-order valence-corrected chi connectivity index (χ3v) is 8.68. The van der Waals surface area contributed by atoms with Gasteiger partial charge in [-0.2, -0.15) is 9.97 Å². The fourth-order valence-corrected chi connectivity index (χ4v) is 6.77. The average Bonchev–Trinajstić information content (AvgIpc) is 3.63. The Balaban J connectivity index is 1.34. The Morgan fingerprint density at radius 2 is 2.10 bits per heavy atom.